The topological polar surface area (TPSA) is 59.1 Å². The van der Waals surface area contributed by atoms with Crippen molar-refractivity contribution in [3.63, 3.8) is 0 Å². The molecule has 2 fully saturated rings. The molecule has 2 amide bonds. The van der Waals surface area contributed by atoms with Crippen LogP contribution in [0, 0.1) is 6.92 Å². The molecule has 2 saturated heterocycles. The number of carbonyl (C=O) groups is 2. The van der Waals surface area contributed by atoms with Gasteiger partial charge in [-0.05, 0) is 30.9 Å². The number of carbonyl (C=O) groups excluding carboxylic acids is 2. The van der Waals surface area contributed by atoms with E-state index in [1.54, 1.807) is 11.9 Å². The Hall–Kier alpha value is -1.92. The molecule has 148 valence electrons. The Kier molecular flexibility index (Phi) is 5.86. The predicted octanol–water partition coefficient (Wildman–Crippen LogP) is 2.31. The zero-order chi connectivity index (χ0) is 19.6. The molecule has 0 aromatic heterocycles. The van der Waals surface area contributed by atoms with Gasteiger partial charge in [-0.15, -0.1) is 0 Å². The molecule has 6 nitrogen and oxygen atoms in total. The van der Waals surface area contributed by atoms with E-state index in [2.05, 4.69) is 13.8 Å². The standard InChI is InChI=1S/C21H30N2O4/c1-5-21(6-2)14-23(11-12-27-21)20(25)19-18(22(4)17(24)13-26-19)16-10-8-7-9-15(16)3/h7-10,18-19H,5-6,11-14H2,1-4H3/t18-,19+/m1/s1. The normalized spacial score (nSPS) is 25.6. The van der Waals surface area contributed by atoms with Crippen molar-refractivity contribution in [2.45, 2.75) is 51.4 Å². The molecule has 3 rings (SSSR count). The van der Waals surface area contributed by atoms with E-state index in [9.17, 15) is 9.59 Å². The van der Waals surface area contributed by atoms with Crippen LogP contribution in [0.4, 0.5) is 0 Å². The zero-order valence-corrected chi connectivity index (χ0v) is 16.7. The SMILES string of the molecule is CCC1(CC)CN(C(=O)[C@H]2OCC(=O)N(C)[C@@H]2c2ccccc2C)CCO1. The second-order valence-corrected chi connectivity index (χ2v) is 7.54. The fraction of sp³-hybridized carbons (Fsp3) is 0.619. The summed E-state index contributed by atoms with van der Waals surface area (Å²) in [5, 5.41) is 0. The Bertz CT molecular complexity index is 701. The molecule has 0 N–H and O–H groups in total. The molecule has 0 bridgehead atoms. The maximum absolute atomic E-state index is 13.4. The van der Waals surface area contributed by atoms with Gasteiger partial charge in [0.05, 0.1) is 18.2 Å². The largest absolute Gasteiger partial charge is 0.371 e. The number of ether oxygens (including phenoxy) is 2. The van der Waals surface area contributed by atoms with Crippen molar-refractivity contribution in [2.75, 3.05) is 33.4 Å². The second-order valence-electron chi connectivity index (χ2n) is 7.54. The summed E-state index contributed by atoms with van der Waals surface area (Å²) in [4.78, 5) is 29.2. The van der Waals surface area contributed by atoms with Gasteiger partial charge in [0.2, 0.25) is 5.91 Å². The van der Waals surface area contributed by atoms with Gasteiger partial charge in [0, 0.05) is 20.1 Å². The lowest BCUT2D eigenvalue weighted by Crippen LogP contribution is -2.59. The number of benzene rings is 1. The fourth-order valence-corrected chi connectivity index (χ4v) is 4.10. The molecule has 27 heavy (non-hydrogen) atoms. The van der Waals surface area contributed by atoms with E-state index in [-0.39, 0.29) is 24.0 Å². The summed E-state index contributed by atoms with van der Waals surface area (Å²) in [6.07, 6.45) is 1.02. The lowest BCUT2D eigenvalue weighted by Gasteiger charge is -2.45. The summed E-state index contributed by atoms with van der Waals surface area (Å²) in [5.74, 6) is -0.164. The van der Waals surface area contributed by atoms with Crippen molar-refractivity contribution in [2.24, 2.45) is 0 Å². The van der Waals surface area contributed by atoms with Crippen LogP contribution >= 0.6 is 0 Å². The summed E-state index contributed by atoms with van der Waals surface area (Å²) in [6.45, 7) is 7.78. The van der Waals surface area contributed by atoms with Gasteiger partial charge in [-0.2, -0.15) is 0 Å². The van der Waals surface area contributed by atoms with Crippen LogP contribution in [-0.4, -0.2) is 66.7 Å². The summed E-state index contributed by atoms with van der Waals surface area (Å²) in [5.41, 5.74) is 1.71. The number of hydrogen-bond acceptors (Lipinski definition) is 4. The number of aryl methyl sites for hydroxylation is 1. The molecular formula is C21H30N2O4. The lowest BCUT2D eigenvalue weighted by atomic mass is 9.91. The van der Waals surface area contributed by atoms with Crippen LogP contribution in [-0.2, 0) is 19.1 Å². The van der Waals surface area contributed by atoms with Crippen molar-refractivity contribution in [3.05, 3.63) is 35.4 Å². The van der Waals surface area contributed by atoms with Crippen LogP contribution in [0.15, 0.2) is 24.3 Å². The molecule has 0 spiro atoms. The van der Waals surface area contributed by atoms with E-state index in [1.165, 1.54) is 0 Å². The van der Waals surface area contributed by atoms with Crippen molar-refractivity contribution in [1.29, 1.82) is 0 Å². The summed E-state index contributed by atoms with van der Waals surface area (Å²) >= 11 is 0. The Labute approximate surface area is 161 Å². The Morgan fingerprint density at radius 2 is 1.96 bits per heavy atom. The van der Waals surface area contributed by atoms with Gasteiger partial charge < -0.3 is 19.3 Å². The van der Waals surface area contributed by atoms with Gasteiger partial charge in [0.25, 0.3) is 5.91 Å². The highest BCUT2D eigenvalue weighted by Crippen LogP contribution is 2.33. The number of morpholine rings is 2. The summed E-state index contributed by atoms with van der Waals surface area (Å²) in [7, 11) is 1.75. The summed E-state index contributed by atoms with van der Waals surface area (Å²) < 4.78 is 11.8. The van der Waals surface area contributed by atoms with E-state index < -0.39 is 12.1 Å². The Morgan fingerprint density at radius 3 is 2.63 bits per heavy atom. The number of nitrogens with zero attached hydrogens (tertiary/aromatic N) is 2. The van der Waals surface area contributed by atoms with Crippen molar-refractivity contribution < 1.29 is 19.1 Å². The monoisotopic (exact) mass is 374 g/mol. The van der Waals surface area contributed by atoms with Crippen LogP contribution in [0.2, 0.25) is 0 Å². The first-order valence-electron chi connectivity index (χ1n) is 9.78. The second kappa shape index (κ2) is 7.98. The molecule has 2 heterocycles. The quantitative estimate of drug-likeness (QED) is 0.812. The first-order valence-corrected chi connectivity index (χ1v) is 9.78. The van der Waals surface area contributed by atoms with Crippen molar-refractivity contribution in [3.8, 4) is 0 Å². The van der Waals surface area contributed by atoms with Crippen LogP contribution in [0.25, 0.3) is 0 Å². The average Bonchev–Trinajstić information content (AvgIpc) is 2.70. The minimum absolute atomic E-state index is 0.0582. The van der Waals surface area contributed by atoms with E-state index in [0.29, 0.717) is 19.7 Å². The zero-order valence-electron chi connectivity index (χ0n) is 16.7. The van der Waals surface area contributed by atoms with E-state index in [1.807, 2.05) is 36.1 Å². The minimum Gasteiger partial charge on any atom is -0.371 e. The van der Waals surface area contributed by atoms with Crippen LogP contribution in [0.3, 0.4) is 0 Å². The third-order valence-corrected chi connectivity index (χ3v) is 6.08. The molecule has 1 aromatic rings. The molecule has 6 heteroatoms. The number of amides is 2. The number of likely N-dealkylation sites (N-methyl/N-ethyl adjacent to an activating group) is 1. The summed E-state index contributed by atoms with van der Waals surface area (Å²) in [6, 6.07) is 7.45. The van der Waals surface area contributed by atoms with Gasteiger partial charge >= 0.3 is 0 Å². The maximum atomic E-state index is 13.4. The van der Waals surface area contributed by atoms with E-state index in [4.69, 9.17) is 9.47 Å². The van der Waals surface area contributed by atoms with Gasteiger partial charge in [-0.1, -0.05) is 38.1 Å². The molecule has 0 saturated carbocycles. The highest BCUT2D eigenvalue weighted by molar-refractivity contribution is 5.86. The average molecular weight is 374 g/mol. The Balaban J connectivity index is 1.89. The number of hydrogen-bond donors (Lipinski definition) is 0. The van der Waals surface area contributed by atoms with Crippen molar-refractivity contribution in [1.82, 2.24) is 9.80 Å². The molecule has 0 aliphatic carbocycles. The molecule has 1 aromatic carbocycles. The fourth-order valence-electron chi connectivity index (χ4n) is 4.10. The lowest BCUT2D eigenvalue weighted by molar-refractivity contribution is -0.177. The molecule has 2 aliphatic heterocycles. The van der Waals surface area contributed by atoms with E-state index in [0.717, 1.165) is 24.0 Å². The predicted molar refractivity (Wildman–Crippen MR) is 102 cm³/mol. The highest BCUT2D eigenvalue weighted by Gasteiger charge is 2.44. The minimum atomic E-state index is -0.696. The third-order valence-electron chi connectivity index (χ3n) is 6.08. The maximum Gasteiger partial charge on any atom is 0.254 e. The van der Waals surface area contributed by atoms with Gasteiger partial charge in [0.15, 0.2) is 6.10 Å². The van der Waals surface area contributed by atoms with Crippen LogP contribution < -0.4 is 0 Å². The van der Waals surface area contributed by atoms with Gasteiger partial charge in [-0.25, -0.2) is 0 Å². The van der Waals surface area contributed by atoms with Crippen molar-refractivity contribution >= 4 is 11.8 Å². The van der Waals surface area contributed by atoms with Crippen LogP contribution in [0.1, 0.15) is 43.9 Å². The van der Waals surface area contributed by atoms with Gasteiger partial charge in [-0.3, -0.25) is 9.59 Å². The highest BCUT2D eigenvalue weighted by atomic mass is 16.5. The third kappa shape index (κ3) is 3.73. The smallest absolute Gasteiger partial charge is 0.254 e. The molecule has 0 radical (unpaired) electrons. The Morgan fingerprint density at radius 1 is 1.26 bits per heavy atom. The first-order chi connectivity index (χ1) is 12.9. The molecule has 2 atom stereocenters. The number of rotatable bonds is 4. The molecular weight excluding hydrogens is 344 g/mol. The van der Waals surface area contributed by atoms with Crippen LogP contribution in [0.5, 0.6) is 0 Å². The van der Waals surface area contributed by atoms with Gasteiger partial charge in [0.1, 0.15) is 6.61 Å². The molecule has 0 unspecified atom stereocenters. The molecule has 2 aliphatic rings. The first kappa shape index (κ1) is 19.8. The van der Waals surface area contributed by atoms with E-state index >= 15 is 0 Å².